The summed E-state index contributed by atoms with van der Waals surface area (Å²) in [5.74, 6) is 0.725. The number of aliphatic hydroxyl groups is 1. The molecule has 1 fully saturated rings. The van der Waals surface area contributed by atoms with Gasteiger partial charge in [0.15, 0.2) is 0 Å². The van der Waals surface area contributed by atoms with Crippen LogP contribution >= 0.6 is 15.9 Å². The molecular formula is C15H22BrNO. The molecule has 1 unspecified atom stereocenters. The van der Waals surface area contributed by atoms with Gasteiger partial charge in [0, 0.05) is 10.5 Å². The zero-order chi connectivity index (χ0) is 13.0. The Morgan fingerprint density at radius 2 is 2.06 bits per heavy atom. The van der Waals surface area contributed by atoms with Crippen LogP contribution in [0.15, 0.2) is 28.7 Å². The third-order valence-corrected chi connectivity index (χ3v) is 4.37. The first-order chi connectivity index (χ1) is 8.65. The van der Waals surface area contributed by atoms with Crippen molar-refractivity contribution < 1.29 is 5.11 Å². The number of halogens is 1. The van der Waals surface area contributed by atoms with Crippen LogP contribution < -0.4 is 5.32 Å². The summed E-state index contributed by atoms with van der Waals surface area (Å²) in [5.41, 5.74) is 1.32. The Morgan fingerprint density at radius 3 is 2.72 bits per heavy atom. The summed E-state index contributed by atoms with van der Waals surface area (Å²) in [6.07, 6.45) is 4.19. The number of benzene rings is 1. The van der Waals surface area contributed by atoms with Gasteiger partial charge >= 0.3 is 0 Å². The van der Waals surface area contributed by atoms with Crippen molar-refractivity contribution in [2.45, 2.75) is 44.8 Å². The zero-order valence-corrected chi connectivity index (χ0v) is 12.5. The van der Waals surface area contributed by atoms with E-state index in [1.54, 1.807) is 0 Å². The minimum absolute atomic E-state index is 0.0521. The molecule has 0 amide bonds. The molecule has 0 heterocycles. The van der Waals surface area contributed by atoms with Gasteiger partial charge < -0.3 is 10.4 Å². The molecule has 0 aliphatic heterocycles. The highest BCUT2D eigenvalue weighted by Gasteiger charge is 2.19. The Balaban J connectivity index is 1.79. The first kappa shape index (κ1) is 14.0. The second-order valence-corrected chi connectivity index (χ2v) is 6.28. The van der Waals surface area contributed by atoms with E-state index in [-0.39, 0.29) is 6.10 Å². The molecule has 2 N–H and O–H groups in total. The Hall–Kier alpha value is -0.380. The fraction of sp³-hybridized carbons (Fsp3) is 0.600. The SMILES string of the molecule is CC(NCC1CCC(O)CC1)c1cccc(Br)c1. The topological polar surface area (TPSA) is 32.3 Å². The lowest BCUT2D eigenvalue weighted by Crippen LogP contribution is -2.29. The maximum absolute atomic E-state index is 9.49. The first-order valence-electron chi connectivity index (χ1n) is 6.82. The van der Waals surface area contributed by atoms with Gasteiger partial charge in [-0.15, -0.1) is 0 Å². The largest absolute Gasteiger partial charge is 0.393 e. The number of aliphatic hydroxyl groups excluding tert-OH is 1. The molecule has 2 rings (SSSR count). The fourth-order valence-electron chi connectivity index (χ4n) is 2.59. The molecule has 1 aromatic rings. The van der Waals surface area contributed by atoms with Gasteiger partial charge in [0.25, 0.3) is 0 Å². The van der Waals surface area contributed by atoms with Gasteiger partial charge in [-0.05, 0) is 62.8 Å². The van der Waals surface area contributed by atoms with E-state index in [2.05, 4.69) is 52.4 Å². The van der Waals surface area contributed by atoms with Gasteiger partial charge in [0.1, 0.15) is 0 Å². The average Bonchev–Trinajstić information content (AvgIpc) is 2.38. The highest BCUT2D eigenvalue weighted by molar-refractivity contribution is 9.10. The van der Waals surface area contributed by atoms with Crippen LogP contribution in [0.5, 0.6) is 0 Å². The van der Waals surface area contributed by atoms with Crippen LogP contribution in [0.3, 0.4) is 0 Å². The molecule has 0 bridgehead atoms. The van der Waals surface area contributed by atoms with Crippen molar-refractivity contribution in [2.24, 2.45) is 5.92 Å². The van der Waals surface area contributed by atoms with Crippen LogP contribution in [0.25, 0.3) is 0 Å². The summed E-state index contributed by atoms with van der Waals surface area (Å²) in [5, 5.41) is 13.1. The lowest BCUT2D eigenvalue weighted by molar-refractivity contribution is 0.108. The predicted octanol–water partition coefficient (Wildman–Crippen LogP) is 3.65. The van der Waals surface area contributed by atoms with Crippen LogP contribution in [-0.4, -0.2) is 17.8 Å². The third-order valence-electron chi connectivity index (χ3n) is 3.88. The summed E-state index contributed by atoms with van der Waals surface area (Å²) in [6, 6.07) is 8.84. The molecule has 1 atom stereocenters. The quantitative estimate of drug-likeness (QED) is 0.889. The van der Waals surface area contributed by atoms with Gasteiger partial charge in [-0.2, -0.15) is 0 Å². The summed E-state index contributed by atoms with van der Waals surface area (Å²) < 4.78 is 1.13. The van der Waals surface area contributed by atoms with E-state index in [1.165, 1.54) is 5.56 Å². The summed E-state index contributed by atoms with van der Waals surface area (Å²) >= 11 is 3.51. The fourth-order valence-corrected chi connectivity index (χ4v) is 3.00. The van der Waals surface area contributed by atoms with E-state index in [0.29, 0.717) is 6.04 Å². The predicted molar refractivity (Wildman–Crippen MR) is 78.5 cm³/mol. The average molecular weight is 312 g/mol. The lowest BCUT2D eigenvalue weighted by Gasteiger charge is -2.27. The van der Waals surface area contributed by atoms with Crippen LogP contribution in [-0.2, 0) is 0 Å². The molecule has 0 aromatic heterocycles. The van der Waals surface area contributed by atoms with Crippen molar-refractivity contribution >= 4 is 15.9 Å². The molecule has 1 aliphatic rings. The number of hydrogen-bond acceptors (Lipinski definition) is 2. The van der Waals surface area contributed by atoms with Gasteiger partial charge in [-0.1, -0.05) is 28.1 Å². The molecule has 0 radical (unpaired) electrons. The van der Waals surface area contributed by atoms with Crippen molar-refractivity contribution in [1.29, 1.82) is 0 Å². The van der Waals surface area contributed by atoms with Gasteiger partial charge in [0.2, 0.25) is 0 Å². The molecule has 1 aliphatic carbocycles. The zero-order valence-electron chi connectivity index (χ0n) is 10.9. The molecule has 0 spiro atoms. The Kier molecular flexibility index (Phi) is 5.22. The second-order valence-electron chi connectivity index (χ2n) is 5.36. The highest BCUT2D eigenvalue weighted by atomic mass is 79.9. The monoisotopic (exact) mass is 311 g/mol. The molecule has 1 aromatic carbocycles. The van der Waals surface area contributed by atoms with Crippen LogP contribution in [0.1, 0.15) is 44.2 Å². The van der Waals surface area contributed by atoms with E-state index >= 15 is 0 Å². The molecule has 3 heteroatoms. The summed E-state index contributed by atoms with van der Waals surface area (Å²) in [6.45, 7) is 3.26. The van der Waals surface area contributed by atoms with E-state index < -0.39 is 0 Å². The maximum Gasteiger partial charge on any atom is 0.0540 e. The van der Waals surface area contributed by atoms with Crippen molar-refractivity contribution in [3.63, 3.8) is 0 Å². The van der Waals surface area contributed by atoms with Gasteiger partial charge in [-0.3, -0.25) is 0 Å². The number of nitrogens with one attached hydrogen (secondary N) is 1. The van der Waals surface area contributed by atoms with E-state index in [1.807, 2.05) is 0 Å². The minimum atomic E-state index is -0.0521. The molecule has 1 saturated carbocycles. The number of rotatable bonds is 4. The van der Waals surface area contributed by atoms with Crippen LogP contribution in [0.4, 0.5) is 0 Å². The first-order valence-corrected chi connectivity index (χ1v) is 7.61. The van der Waals surface area contributed by atoms with Crippen molar-refractivity contribution in [3.8, 4) is 0 Å². The van der Waals surface area contributed by atoms with E-state index in [4.69, 9.17) is 0 Å². The normalized spacial score (nSPS) is 25.9. The van der Waals surface area contributed by atoms with Crippen molar-refractivity contribution in [2.75, 3.05) is 6.54 Å². The smallest absolute Gasteiger partial charge is 0.0540 e. The second kappa shape index (κ2) is 6.69. The van der Waals surface area contributed by atoms with Crippen LogP contribution in [0.2, 0.25) is 0 Å². The molecule has 0 saturated heterocycles. The Labute approximate surface area is 118 Å². The standard InChI is InChI=1S/C15H22BrNO/c1-11(13-3-2-4-14(16)9-13)17-10-12-5-7-15(18)8-6-12/h2-4,9,11-12,15,17-18H,5-8,10H2,1H3. The molecule has 100 valence electrons. The van der Waals surface area contributed by atoms with Crippen molar-refractivity contribution in [1.82, 2.24) is 5.32 Å². The number of hydrogen-bond donors (Lipinski definition) is 2. The van der Waals surface area contributed by atoms with Crippen molar-refractivity contribution in [3.05, 3.63) is 34.3 Å². The summed E-state index contributed by atoms with van der Waals surface area (Å²) in [7, 11) is 0. The summed E-state index contributed by atoms with van der Waals surface area (Å²) in [4.78, 5) is 0. The Bertz CT molecular complexity index is 375. The lowest BCUT2D eigenvalue weighted by atomic mass is 9.87. The molecule has 2 nitrogen and oxygen atoms in total. The molecular weight excluding hydrogens is 290 g/mol. The minimum Gasteiger partial charge on any atom is -0.393 e. The van der Waals surface area contributed by atoms with Crippen LogP contribution in [0, 0.1) is 5.92 Å². The highest BCUT2D eigenvalue weighted by Crippen LogP contribution is 2.24. The third kappa shape index (κ3) is 4.08. The van der Waals surface area contributed by atoms with Gasteiger partial charge in [-0.25, -0.2) is 0 Å². The molecule has 18 heavy (non-hydrogen) atoms. The van der Waals surface area contributed by atoms with E-state index in [9.17, 15) is 5.11 Å². The maximum atomic E-state index is 9.49. The Morgan fingerprint density at radius 1 is 1.33 bits per heavy atom. The van der Waals surface area contributed by atoms with E-state index in [0.717, 1.165) is 42.6 Å². The van der Waals surface area contributed by atoms with Gasteiger partial charge in [0.05, 0.1) is 6.10 Å².